The van der Waals surface area contributed by atoms with E-state index in [9.17, 15) is 9.59 Å². The smallest absolute Gasteiger partial charge is 0.341 e. The fourth-order valence-electron chi connectivity index (χ4n) is 4.55. The molecule has 1 atom stereocenters. The molecule has 0 spiro atoms. The van der Waals surface area contributed by atoms with Crippen LogP contribution in [0.2, 0.25) is 0 Å². The van der Waals surface area contributed by atoms with Crippen LogP contribution in [0.5, 0.6) is 0 Å². The molecule has 2 N–H and O–H groups in total. The van der Waals surface area contributed by atoms with Crippen molar-refractivity contribution in [1.82, 2.24) is 5.32 Å². The number of esters is 1. The standard InChI is InChI=1S/C28H32N2O3S/c1-2-33-28(32)24-23(21-14-8-4-9-15-21)19-34-27(24)30-26(31)25(22-16-10-5-11-17-22)29-18-20-12-6-3-7-13-20/h4-5,8-11,14-17,19-20,25,29H,2-3,6-7,12-13,18H2,1H3,(H,30,31). The number of thiophene rings is 1. The van der Waals surface area contributed by atoms with Gasteiger partial charge in [-0.25, -0.2) is 4.79 Å². The molecule has 4 rings (SSSR count). The first-order valence-electron chi connectivity index (χ1n) is 12.1. The molecule has 1 unspecified atom stereocenters. The summed E-state index contributed by atoms with van der Waals surface area (Å²) in [5.74, 6) is -0.00683. The summed E-state index contributed by atoms with van der Waals surface area (Å²) in [5.41, 5.74) is 3.00. The van der Waals surface area contributed by atoms with Gasteiger partial charge < -0.3 is 15.4 Å². The van der Waals surface area contributed by atoms with Gasteiger partial charge in [-0.15, -0.1) is 11.3 Å². The van der Waals surface area contributed by atoms with Crippen LogP contribution in [0.1, 0.15) is 61.0 Å². The van der Waals surface area contributed by atoms with Gasteiger partial charge in [-0.05, 0) is 43.4 Å². The van der Waals surface area contributed by atoms with Gasteiger partial charge in [0.2, 0.25) is 5.91 Å². The van der Waals surface area contributed by atoms with Crippen molar-refractivity contribution >= 4 is 28.2 Å². The largest absolute Gasteiger partial charge is 0.462 e. The number of anilines is 1. The van der Waals surface area contributed by atoms with E-state index in [1.807, 2.05) is 66.0 Å². The molecule has 1 fully saturated rings. The van der Waals surface area contributed by atoms with Crippen LogP contribution in [0.3, 0.4) is 0 Å². The van der Waals surface area contributed by atoms with E-state index in [-0.39, 0.29) is 12.5 Å². The first-order valence-corrected chi connectivity index (χ1v) is 13.0. The molecule has 3 aromatic rings. The Morgan fingerprint density at radius 3 is 2.35 bits per heavy atom. The van der Waals surface area contributed by atoms with E-state index in [0.717, 1.165) is 23.2 Å². The van der Waals surface area contributed by atoms with Crippen LogP contribution < -0.4 is 10.6 Å². The monoisotopic (exact) mass is 476 g/mol. The topological polar surface area (TPSA) is 67.4 Å². The molecule has 2 aromatic carbocycles. The number of rotatable bonds is 9. The van der Waals surface area contributed by atoms with Crippen molar-refractivity contribution in [3.63, 3.8) is 0 Å². The number of hydrogen-bond acceptors (Lipinski definition) is 5. The van der Waals surface area contributed by atoms with Gasteiger partial charge in [0.25, 0.3) is 0 Å². The van der Waals surface area contributed by atoms with Crippen molar-refractivity contribution in [3.8, 4) is 11.1 Å². The summed E-state index contributed by atoms with van der Waals surface area (Å²) in [6.45, 7) is 2.86. The molecule has 1 heterocycles. The molecule has 34 heavy (non-hydrogen) atoms. The number of benzene rings is 2. The van der Waals surface area contributed by atoms with Gasteiger partial charge in [0.05, 0.1) is 6.61 Å². The fourth-order valence-corrected chi connectivity index (χ4v) is 5.51. The Kier molecular flexibility index (Phi) is 8.50. The summed E-state index contributed by atoms with van der Waals surface area (Å²) >= 11 is 1.35. The summed E-state index contributed by atoms with van der Waals surface area (Å²) in [6.07, 6.45) is 6.23. The van der Waals surface area contributed by atoms with Gasteiger partial charge in [-0.2, -0.15) is 0 Å². The van der Waals surface area contributed by atoms with Crippen LogP contribution in [0, 0.1) is 5.92 Å². The molecule has 0 bridgehead atoms. The summed E-state index contributed by atoms with van der Waals surface area (Å²) < 4.78 is 5.34. The predicted octanol–water partition coefficient (Wildman–Crippen LogP) is 6.44. The molecule has 0 radical (unpaired) electrons. The molecular weight excluding hydrogens is 444 g/mol. The zero-order valence-electron chi connectivity index (χ0n) is 19.6. The third-order valence-corrected chi connectivity index (χ3v) is 7.22. The van der Waals surface area contributed by atoms with Gasteiger partial charge >= 0.3 is 5.97 Å². The van der Waals surface area contributed by atoms with Crippen LogP contribution in [-0.2, 0) is 9.53 Å². The molecule has 0 aliphatic heterocycles. The van der Waals surface area contributed by atoms with Crippen LogP contribution >= 0.6 is 11.3 Å². The van der Waals surface area contributed by atoms with E-state index in [1.165, 1.54) is 43.4 Å². The van der Waals surface area contributed by atoms with Crippen molar-refractivity contribution in [3.05, 3.63) is 77.2 Å². The van der Waals surface area contributed by atoms with Crippen LogP contribution in [0.4, 0.5) is 5.00 Å². The van der Waals surface area contributed by atoms with E-state index >= 15 is 0 Å². The number of hydrogen-bond donors (Lipinski definition) is 2. The maximum atomic E-state index is 13.5. The van der Waals surface area contributed by atoms with E-state index in [0.29, 0.717) is 16.5 Å². The summed E-state index contributed by atoms with van der Waals surface area (Å²) in [5, 5.41) is 8.98. The number of carbonyl (C=O) groups is 2. The number of ether oxygens (including phenoxy) is 1. The highest BCUT2D eigenvalue weighted by Gasteiger charge is 2.27. The Balaban J connectivity index is 1.59. The lowest BCUT2D eigenvalue weighted by atomic mass is 9.89. The van der Waals surface area contributed by atoms with Crippen molar-refractivity contribution in [2.45, 2.75) is 45.1 Å². The first kappa shape index (κ1) is 24.2. The Morgan fingerprint density at radius 1 is 1.00 bits per heavy atom. The van der Waals surface area contributed by atoms with Crippen molar-refractivity contribution in [1.29, 1.82) is 0 Å². The minimum atomic E-state index is -0.500. The minimum Gasteiger partial charge on any atom is -0.462 e. The van der Waals surface area contributed by atoms with E-state index in [1.54, 1.807) is 6.92 Å². The molecule has 1 aromatic heterocycles. The molecular formula is C28H32N2O3S. The van der Waals surface area contributed by atoms with Gasteiger partial charge in [0.15, 0.2) is 0 Å². The second-order valence-electron chi connectivity index (χ2n) is 8.69. The molecule has 1 saturated carbocycles. The fraction of sp³-hybridized carbons (Fsp3) is 0.357. The zero-order chi connectivity index (χ0) is 23.8. The summed E-state index contributed by atoms with van der Waals surface area (Å²) in [6, 6.07) is 19.0. The molecule has 0 saturated heterocycles. The summed E-state index contributed by atoms with van der Waals surface area (Å²) in [7, 11) is 0. The number of amides is 1. The maximum Gasteiger partial charge on any atom is 0.341 e. The van der Waals surface area contributed by atoms with Gasteiger partial charge in [-0.3, -0.25) is 4.79 Å². The predicted molar refractivity (Wildman–Crippen MR) is 138 cm³/mol. The van der Waals surface area contributed by atoms with Crippen LogP contribution in [0.25, 0.3) is 11.1 Å². The van der Waals surface area contributed by atoms with Gasteiger partial charge in [-0.1, -0.05) is 79.9 Å². The van der Waals surface area contributed by atoms with E-state index < -0.39 is 12.0 Å². The molecule has 1 aliphatic carbocycles. The second kappa shape index (κ2) is 12.0. The van der Waals surface area contributed by atoms with E-state index in [4.69, 9.17) is 4.74 Å². The number of carbonyl (C=O) groups excluding carboxylic acids is 2. The first-order chi connectivity index (χ1) is 16.7. The quantitative estimate of drug-likeness (QED) is 0.349. The Labute approximate surface area is 205 Å². The average Bonchev–Trinajstić information content (AvgIpc) is 3.30. The van der Waals surface area contributed by atoms with E-state index in [2.05, 4.69) is 10.6 Å². The third-order valence-electron chi connectivity index (χ3n) is 6.32. The Morgan fingerprint density at radius 2 is 1.68 bits per heavy atom. The lowest BCUT2D eigenvalue weighted by Gasteiger charge is -2.25. The molecule has 5 nitrogen and oxygen atoms in total. The van der Waals surface area contributed by atoms with Crippen LogP contribution in [0.15, 0.2) is 66.0 Å². The Bertz CT molecular complexity index is 1080. The molecule has 1 aliphatic rings. The maximum absolute atomic E-state index is 13.5. The molecule has 1 amide bonds. The molecule has 6 heteroatoms. The van der Waals surface area contributed by atoms with Crippen LogP contribution in [-0.4, -0.2) is 25.0 Å². The highest BCUT2D eigenvalue weighted by Crippen LogP contribution is 2.36. The number of nitrogens with one attached hydrogen (secondary N) is 2. The zero-order valence-corrected chi connectivity index (χ0v) is 20.4. The third kappa shape index (κ3) is 5.93. The molecule has 178 valence electrons. The highest BCUT2D eigenvalue weighted by atomic mass is 32.1. The van der Waals surface area contributed by atoms with Gasteiger partial charge in [0.1, 0.15) is 16.6 Å². The average molecular weight is 477 g/mol. The normalized spacial score (nSPS) is 15.0. The van der Waals surface area contributed by atoms with Crippen molar-refractivity contribution in [2.75, 3.05) is 18.5 Å². The Hall–Kier alpha value is -2.96. The van der Waals surface area contributed by atoms with Gasteiger partial charge in [0, 0.05) is 10.9 Å². The minimum absolute atomic E-state index is 0.172. The highest BCUT2D eigenvalue weighted by molar-refractivity contribution is 7.15. The lowest BCUT2D eigenvalue weighted by Crippen LogP contribution is -2.36. The van der Waals surface area contributed by atoms with Crippen molar-refractivity contribution in [2.24, 2.45) is 5.92 Å². The second-order valence-corrected chi connectivity index (χ2v) is 9.56. The summed E-state index contributed by atoms with van der Waals surface area (Å²) in [4.78, 5) is 26.4. The SMILES string of the molecule is CCOC(=O)c1c(-c2ccccc2)csc1NC(=O)C(NCC1CCCCC1)c1ccccc1. The lowest BCUT2D eigenvalue weighted by molar-refractivity contribution is -0.118. The van der Waals surface area contributed by atoms with Crippen molar-refractivity contribution < 1.29 is 14.3 Å².